The standard InChI is InChI=1S/C19H25NO/c1-13(2)16-10-9-14(3)19(12-16)21-18-8-6-7-17(11-18)15(4)20-5/h6-13,15,20H,1-5H3. The first-order valence-corrected chi connectivity index (χ1v) is 7.57. The summed E-state index contributed by atoms with van der Waals surface area (Å²) >= 11 is 0. The fourth-order valence-corrected chi connectivity index (χ4v) is 2.23. The normalized spacial score (nSPS) is 12.5. The van der Waals surface area contributed by atoms with Crippen molar-refractivity contribution in [1.82, 2.24) is 5.32 Å². The minimum Gasteiger partial charge on any atom is -0.457 e. The lowest BCUT2D eigenvalue weighted by Crippen LogP contribution is -2.12. The molecule has 0 aliphatic rings. The SMILES string of the molecule is CNC(C)c1cccc(Oc2cc(C(C)C)ccc2C)c1. The van der Waals surface area contributed by atoms with Crippen LogP contribution in [0.1, 0.15) is 49.4 Å². The first-order chi connectivity index (χ1) is 10.0. The average Bonchev–Trinajstić information content (AvgIpc) is 2.48. The van der Waals surface area contributed by atoms with Gasteiger partial charge in [-0.1, -0.05) is 38.1 Å². The van der Waals surface area contributed by atoms with Crippen LogP contribution < -0.4 is 10.1 Å². The summed E-state index contributed by atoms with van der Waals surface area (Å²) < 4.78 is 6.11. The molecule has 0 aliphatic heterocycles. The summed E-state index contributed by atoms with van der Waals surface area (Å²) in [4.78, 5) is 0. The highest BCUT2D eigenvalue weighted by Gasteiger charge is 2.08. The molecule has 2 aromatic carbocycles. The van der Waals surface area contributed by atoms with Crippen molar-refractivity contribution in [3.05, 3.63) is 59.2 Å². The van der Waals surface area contributed by atoms with Gasteiger partial charge in [-0.25, -0.2) is 0 Å². The lowest BCUT2D eigenvalue weighted by molar-refractivity contribution is 0.476. The van der Waals surface area contributed by atoms with E-state index in [4.69, 9.17) is 4.74 Å². The molecule has 1 N–H and O–H groups in total. The Morgan fingerprint density at radius 1 is 0.952 bits per heavy atom. The van der Waals surface area contributed by atoms with Gasteiger partial charge in [0.1, 0.15) is 11.5 Å². The highest BCUT2D eigenvalue weighted by atomic mass is 16.5. The van der Waals surface area contributed by atoms with Crippen LogP contribution in [-0.4, -0.2) is 7.05 Å². The number of ether oxygens (including phenoxy) is 1. The maximum absolute atomic E-state index is 6.11. The zero-order chi connectivity index (χ0) is 15.4. The second kappa shape index (κ2) is 6.77. The van der Waals surface area contributed by atoms with Crippen LogP contribution in [0.25, 0.3) is 0 Å². The van der Waals surface area contributed by atoms with Gasteiger partial charge in [-0.2, -0.15) is 0 Å². The monoisotopic (exact) mass is 283 g/mol. The molecule has 2 aromatic rings. The quantitative estimate of drug-likeness (QED) is 0.815. The lowest BCUT2D eigenvalue weighted by Gasteiger charge is -2.15. The van der Waals surface area contributed by atoms with Gasteiger partial charge < -0.3 is 10.1 Å². The molecule has 0 amide bonds. The van der Waals surface area contributed by atoms with Gasteiger partial charge >= 0.3 is 0 Å². The van der Waals surface area contributed by atoms with Crippen LogP contribution in [0.4, 0.5) is 0 Å². The van der Waals surface area contributed by atoms with E-state index < -0.39 is 0 Å². The van der Waals surface area contributed by atoms with Gasteiger partial charge in [-0.15, -0.1) is 0 Å². The first-order valence-electron chi connectivity index (χ1n) is 7.57. The highest BCUT2D eigenvalue weighted by molar-refractivity contribution is 5.42. The minimum absolute atomic E-state index is 0.316. The van der Waals surface area contributed by atoms with Crippen molar-refractivity contribution in [2.24, 2.45) is 0 Å². The van der Waals surface area contributed by atoms with E-state index in [9.17, 15) is 0 Å². The molecule has 2 rings (SSSR count). The molecule has 21 heavy (non-hydrogen) atoms. The van der Waals surface area contributed by atoms with Crippen molar-refractivity contribution >= 4 is 0 Å². The number of rotatable bonds is 5. The Hall–Kier alpha value is -1.80. The molecule has 0 radical (unpaired) electrons. The molecular formula is C19H25NO. The van der Waals surface area contributed by atoms with E-state index in [-0.39, 0.29) is 0 Å². The summed E-state index contributed by atoms with van der Waals surface area (Å²) in [5.74, 6) is 2.33. The minimum atomic E-state index is 0.316. The Balaban J connectivity index is 2.27. The maximum Gasteiger partial charge on any atom is 0.130 e. The fraction of sp³-hybridized carbons (Fsp3) is 0.368. The van der Waals surface area contributed by atoms with Crippen molar-refractivity contribution in [1.29, 1.82) is 0 Å². The third kappa shape index (κ3) is 3.85. The van der Waals surface area contributed by atoms with Crippen molar-refractivity contribution in [2.75, 3.05) is 7.05 Å². The molecule has 0 fully saturated rings. The topological polar surface area (TPSA) is 21.3 Å². The number of aryl methyl sites for hydroxylation is 1. The molecule has 0 aliphatic carbocycles. The van der Waals surface area contributed by atoms with E-state index >= 15 is 0 Å². The van der Waals surface area contributed by atoms with Gasteiger partial charge in [0.2, 0.25) is 0 Å². The Morgan fingerprint density at radius 2 is 1.71 bits per heavy atom. The summed E-state index contributed by atoms with van der Waals surface area (Å²) in [6.07, 6.45) is 0. The van der Waals surface area contributed by atoms with Crippen LogP contribution in [0.3, 0.4) is 0 Å². The maximum atomic E-state index is 6.11. The van der Waals surface area contributed by atoms with Gasteiger partial charge in [-0.3, -0.25) is 0 Å². The lowest BCUT2D eigenvalue weighted by atomic mass is 10.0. The molecule has 2 nitrogen and oxygen atoms in total. The predicted molar refractivity (Wildman–Crippen MR) is 89.3 cm³/mol. The van der Waals surface area contributed by atoms with Crippen LogP contribution in [0, 0.1) is 6.92 Å². The van der Waals surface area contributed by atoms with E-state index in [2.05, 4.69) is 63.3 Å². The van der Waals surface area contributed by atoms with Gasteiger partial charge in [0.05, 0.1) is 0 Å². The van der Waals surface area contributed by atoms with Crippen LogP contribution in [-0.2, 0) is 0 Å². The van der Waals surface area contributed by atoms with Gasteiger partial charge in [0.15, 0.2) is 0 Å². The van der Waals surface area contributed by atoms with Gasteiger partial charge in [0, 0.05) is 6.04 Å². The van der Waals surface area contributed by atoms with Crippen LogP contribution in [0.2, 0.25) is 0 Å². The summed E-state index contributed by atoms with van der Waals surface area (Å²) in [6.45, 7) is 8.62. The summed E-state index contributed by atoms with van der Waals surface area (Å²) in [6, 6.07) is 15.0. The largest absolute Gasteiger partial charge is 0.457 e. The molecule has 0 spiro atoms. The zero-order valence-electron chi connectivity index (χ0n) is 13.6. The molecule has 0 saturated heterocycles. The van der Waals surface area contributed by atoms with Crippen LogP contribution in [0.5, 0.6) is 11.5 Å². The average molecular weight is 283 g/mol. The molecular weight excluding hydrogens is 258 g/mol. The second-order valence-corrected chi connectivity index (χ2v) is 5.86. The van der Waals surface area contributed by atoms with E-state index in [0.717, 1.165) is 17.1 Å². The Labute approximate surface area is 128 Å². The van der Waals surface area contributed by atoms with Crippen LogP contribution >= 0.6 is 0 Å². The third-order valence-electron chi connectivity index (χ3n) is 3.90. The van der Waals surface area contributed by atoms with E-state index in [1.807, 2.05) is 19.2 Å². The molecule has 0 bridgehead atoms. The van der Waals surface area contributed by atoms with Crippen molar-refractivity contribution < 1.29 is 4.74 Å². The molecule has 112 valence electrons. The van der Waals surface area contributed by atoms with E-state index in [1.165, 1.54) is 11.1 Å². The molecule has 0 aromatic heterocycles. The second-order valence-electron chi connectivity index (χ2n) is 5.86. The summed E-state index contributed by atoms with van der Waals surface area (Å²) in [7, 11) is 1.97. The van der Waals surface area contributed by atoms with E-state index in [0.29, 0.717) is 12.0 Å². The Kier molecular flexibility index (Phi) is 5.03. The predicted octanol–water partition coefficient (Wildman–Crippen LogP) is 5.19. The summed E-state index contributed by atoms with van der Waals surface area (Å²) in [5.41, 5.74) is 3.69. The van der Waals surface area contributed by atoms with Crippen molar-refractivity contribution in [3.8, 4) is 11.5 Å². The number of nitrogens with one attached hydrogen (secondary N) is 1. The Bertz CT molecular complexity index is 604. The van der Waals surface area contributed by atoms with Crippen molar-refractivity contribution in [2.45, 2.75) is 39.7 Å². The van der Waals surface area contributed by atoms with Gasteiger partial charge in [-0.05, 0) is 61.7 Å². The number of hydrogen-bond donors (Lipinski definition) is 1. The van der Waals surface area contributed by atoms with Gasteiger partial charge in [0.25, 0.3) is 0 Å². The highest BCUT2D eigenvalue weighted by Crippen LogP contribution is 2.29. The zero-order valence-corrected chi connectivity index (χ0v) is 13.6. The molecule has 1 atom stereocenters. The Morgan fingerprint density at radius 3 is 2.38 bits per heavy atom. The van der Waals surface area contributed by atoms with Crippen LogP contribution in [0.15, 0.2) is 42.5 Å². The van der Waals surface area contributed by atoms with E-state index in [1.54, 1.807) is 0 Å². The fourth-order valence-electron chi connectivity index (χ4n) is 2.23. The third-order valence-corrected chi connectivity index (χ3v) is 3.90. The molecule has 1 unspecified atom stereocenters. The molecule has 0 saturated carbocycles. The molecule has 2 heteroatoms. The molecule has 0 heterocycles. The first kappa shape index (κ1) is 15.6. The number of hydrogen-bond acceptors (Lipinski definition) is 2. The van der Waals surface area contributed by atoms with Crippen molar-refractivity contribution in [3.63, 3.8) is 0 Å². The summed E-state index contributed by atoms with van der Waals surface area (Å²) in [5, 5.41) is 3.25. The smallest absolute Gasteiger partial charge is 0.130 e. The number of benzene rings is 2.